The van der Waals surface area contributed by atoms with Crippen molar-refractivity contribution >= 4 is 17.7 Å². The molecule has 0 bridgehead atoms. The monoisotopic (exact) mass is 213 g/mol. The number of carbonyl (C=O) groups is 1. The molecule has 0 heterocycles. The van der Waals surface area contributed by atoms with Crippen LogP contribution < -0.4 is 5.32 Å². The summed E-state index contributed by atoms with van der Waals surface area (Å²) in [5, 5.41) is 2.24. The Kier molecular flexibility index (Phi) is 3.95. The van der Waals surface area contributed by atoms with Gasteiger partial charge in [0.1, 0.15) is 5.82 Å². The smallest absolute Gasteiger partial charge is 0.232 e. The lowest BCUT2D eigenvalue weighted by atomic mass is 10.3. The number of benzene rings is 1. The van der Waals surface area contributed by atoms with Crippen molar-refractivity contribution in [1.29, 1.82) is 0 Å². The van der Waals surface area contributed by atoms with E-state index in [0.717, 1.165) is 0 Å². The molecule has 1 unspecified atom stereocenters. The predicted octanol–water partition coefficient (Wildman–Crippen LogP) is 2.05. The highest BCUT2D eigenvalue weighted by Crippen LogP contribution is 2.25. The van der Waals surface area contributed by atoms with Crippen molar-refractivity contribution in [3.8, 4) is 0 Å². The van der Waals surface area contributed by atoms with Crippen LogP contribution in [0.2, 0.25) is 0 Å². The zero-order chi connectivity index (χ0) is 10.6. The molecule has 14 heavy (non-hydrogen) atoms. The van der Waals surface area contributed by atoms with Gasteiger partial charge in [0.05, 0.1) is 5.25 Å². The first-order valence-corrected chi connectivity index (χ1v) is 5.16. The van der Waals surface area contributed by atoms with Crippen LogP contribution in [0.5, 0.6) is 0 Å². The van der Waals surface area contributed by atoms with E-state index < -0.39 is 0 Å². The van der Waals surface area contributed by atoms with Crippen molar-refractivity contribution in [2.24, 2.45) is 0 Å². The normalized spacial score (nSPS) is 12.2. The van der Waals surface area contributed by atoms with Gasteiger partial charge in [0, 0.05) is 11.9 Å². The first-order valence-electron chi connectivity index (χ1n) is 4.28. The largest absolute Gasteiger partial charge is 0.358 e. The molecule has 1 aromatic rings. The highest BCUT2D eigenvalue weighted by atomic mass is 32.2. The van der Waals surface area contributed by atoms with Crippen LogP contribution in [0.3, 0.4) is 0 Å². The number of hydrogen-bond acceptors (Lipinski definition) is 2. The van der Waals surface area contributed by atoms with Gasteiger partial charge in [-0.3, -0.25) is 4.79 Å². The maximum Gasteiger partial charge on any atom is 0.232 e. The van der Waals surface area contributed by atoms with Gasteiger partial charge < -0.3 is 5.32 Å². The van der Waals surface area contributed by atoms with Crippen LogP contribution >= 0.6 is 11.8 Å². The summed E-state index contributed by atoms with van der Waals surface area (Å²) in [7, 11) is 1.57. The fourth-order valence-corrected chi connectivity index (χ4v) is 1.93. The van der Waals surface area contributed by atoms with Crippen LogP contribution in [0.25, 0.3) is 0 Å². The highest BCUT2D eigenvalue weighted by Gasteiger charge is 2.14. The van der Waals surface area contributed by atoms with Gasteiger partial charge in [-0.25, -0.2) is 4.39 Å². The molecular weight excluding hydrogens is 201 g/mol. The van der Waals surface area contributed by atoms with Crippen molar-refractivity contribution in [1.82, 2.24) is 5.32 Å². The molecule has 76 valence electrons. The van der Waals surface area contributed by atoms with Crippen LogP contribution in [0.4, 0.5) is 4.39 Å². The number of hydrogen-bond donors (Lipinski definition) is 1. The maximum atomic E-state index is 13.2. The van der Waals surface area contributed by atoms with Gasteiger partial charge in [-0.15, -0.1) is 11.8 Å². The van der Waals surface area contributed by atoms with Gasteiger partial charge in [0.25, 0.3) is 0 Å². The molecule has 1 rings (SSSR count). The predicted molar refractivity (Wildman–Crippen MR) is 55.8 cm³/mol. The Morgan fingerprint density at radius 1 is 1.50 bits per heavy atom. The van der Waals surface area contributed by atoms with Crippen molar-refractivity contribution < 1.29 is 9.18 Å². The van der Waals surface area contributed by atoms with Crippen LogP contribution in [-0.4, -0.2) is 18.2 Å². The van der Waals surface area contributed by atoms with E-state index >= 15 is 0 Å². The van der Waals surface area contributed by atoms with Crippen molar-refractivity contribution in [3.63, 3.8) is 0 Å². The first-order chi connectivity index (χ1) is 6.65. The maximum absolute atomic E-state index is 13.2. The lowest BCUT2D eigenvalue weighted by Gasteiger charge is -2.09. The van der Waals surface area contributed by atoms with E-state index in [1.807, 2.05) is 0 Å². The molecule has 0 radical (unpaired) electrons. The summed E-state index contributed by atoms with van der Waals surface area (Å²) >= 11 is 1.22. The molecule has 0 aromatic heterocycles. The molecule has 0 saturated carbocycles. The zero-order valence-electron chi connectivity index (χ0n) is 8.08. The van der Waals surface area contributed by atoms with Gasteiger partial charge in [-0.05, 0) is 19.1 Å². The molecule has 0 spiro atoms. The van der Waals surface area contributed by atoms with Gasteiger partial charge >= 0.3 is 0 Å². The van der Waals surface area contributed by atoms with E-state index in [-0.39, 0.29) is 17.0 Å². The summed E-state index contributed by atoms with van der Waals surface area (Å²) in [5.41, 5.74) is 0. The number of thioether (sulfide) groups is 1. The van der Waals surface area contributed by atoms with Crippen LogP contribution in [0, 0.1) is 5.82 Å². The molecule has 2 nitrogen and oxygen atoms in total. The van der Waals surface area contributed by atoms with E-state index in [1.165, 1.54) is 17.8 Å². The molecule has 0 aliphatic rings. The van der Waals surface area contributed by atoms with Crippen LogP contribution in [0.15, 0.2) is 29.2 Å². The van der Waals surface area contributed by atoms with E-state index in [1.54, 1.807) is 32.2 Å². The number of amides is 1. The SMILES string of the molecule is CNC(=O)C(C)Sc1ccccc1F. The number of carbonyl (C=O) groups excluding carboxylic acids is 1. The fourth-order valence-electron chi connectivity index (χ4n) is 0.988. The van der Waals surface area contributed by atoms with Crippen molar-refractivity contribution in [2.75, 3.05) is 7.05 Å². The average Bonchev–Trinajstić information content (AvgIpc) is 2.20. The molecule has 0 aliphatic carbocycles. The molecule has 1 amide bonds. The molecule has 0 fully saturated rings. The Morgan fingerprint density at radius 3 is 2.71 bits per heavy atom. The minimum atomic E-state index is -0.284. The summed E-state index contributed by atoms with van der Waals surface area (Å²) in [4.78, 5) is 11.7. The summed E-state index contributed by atoms with van der Waals surface area (Å²) in [6.45, 7) is 1.75. The lowest BCUT2D eigenvalue weighted by molar-refractivity contribution is -0.119. The number of nitrogens with one attached hydrogen (secondary N) is 1. The standard InChI is InChI=1S/C10H12FNOS/c1-7(10(13)12-2)14-9-6-4-3-5-8(9)11/h3-7H,1-2H3,(H,12,13). The first kappa shape index (κ1) is 11.0. The van der Waals surface area contributed by atoms with E-state index in [2.05, 4.69) is 5.32 Å². The summed E-state index contributed by atoms with van der Waals surface area (Å²) in [6, 6.07) is 6.43. The Morgan fingerprint density at radius 2 is 2.14 bits per heavy atom. The van der Waals surface area contributed by atoms with Crippen molar-refractivity contribution in [3.05, 3.63) is 30.1 Å². The van der Waals surface area contributed by atoms with E-state index in [0.29, 0.717) is 4.90 Å². The average molecular weight is 213 g/mol. The molecular formula is C10H12FNOS. The van der Waals surface area contributed by atoms with Crippen molar-refractivity contribution in [2.45, 2.75) is 17.1 Å². The van der Waals surface area contributed by atoms with E-state index in [9.17, 15) is 9.18 Å². The summed E-state index contributed by atoms with van der Waals surface area (Å²) < 4.78 is 13.2. The third kappa shape index (κ3) is 2.73. The summed E-state index contributed by atoms with van der Waals surface area (Å²) in [6.07, 6.45) is 0. The minimum absolute atomic E-state index is 0.0988. The Labute approximate surface area is 86.9 Å². The Bertz CT molecular complexity index is 330. The second kappa shape index (κ2) is 5.00. The second-order valence-electron chi connectivity index (χ2n) is 2.80. The molecule has 1 atom stereocenters. The minimum Gasteiger partial charge on any atom is -0.358 e. The van der Waals surface area contributed by atoms with Gasteiger partial charge in [0.2, 0.25) is 5.91 Å². The molecule has 1 aromatic carbocycles. The Balaban J connectivity index is 2.69. The topological polar surface area (TPSA) is 29.1 Å². The molecule has 0 aliphatic heterocycles. The Hall–Kier alpha value is -1.03. The summed E-state index contributed by atoms with van der Waals surface area (Å²) in [5.74, 6) is -0.383. The third-order valence-corrected chi connectivity index (χ3v) is 2.91. The van der Waals surface area contributed by atoms with Gasteiger partial charge in [-0.1, -0.05) is 12.1 Å². The zero-order valence-corrected chi connectivity index (χ0v) is 8.90. The lowest BCUT2D eigenvalue weighted by Crippen LogP contribution is -2.27. The van der Waals surface area contributed by atoms with Gasteiger partial charge in [-0.2, -0.15) is 0 Å². The molecule has 1 N–H and O–H groups in total. The van der Waals surface area contributed by atoms with Crippen LogP contribution in [0.1, 0.15) is 6.92 Å². The quantitative estimate of drug-likeness (QED) is 0.779. The number of halogens is 1. The molecule has 0 saturated heterocycles. The van der Waals surface area contributed by atoms with Gasteiger partial charge in [0.15, 0.2) is 0 Å². The second-order valence-corrected chi connectivity index (χ2v) is 4.19. The fraction of sp³-hybridized carbons (Fsp3) is 0.300. The molecule has 4 heteroatoms. The highest BCUT2D eigenvalue weighted by molar-refractivity contribution is 8.00. The van der Waals surface area contributed by atoms with E-state index in [4.69, 9.17) is 0 Å². The number of rotatable bonds is 3. The van der Waals surface area contributed by atoms with Crippen LogP contribution in [-0.2, 0) is 4.79 Å². The third-order valence-electron chi connectivity index (χ3n) is 1.76.